The molecule has 0 spiro atoms. The second kappa shape index (κ2) is 6.76. The third-order valence-corrected chi connectivity index (χ3v) is 3.81. The molecule has 1 aliphatic rings. The Morgan fingerprint density at radius 1 is 1.52 bits per heavy atom. The predicted molar refractivity (Wildman–Crippen MR) is 84.6 cm³/mol. The summed E-state index contributed by atoms with van der Waals surface area (Å²) in [4.78, 5) is 24.5. The van der Waals surface area contributed by atoms with E-state index in [2.05, 4.69) is 20.4 Å². The quantitative estimate of drug-likeness (QED) is 0.858. The Bertz CT molecular complexity index is 741. The third-order valence-electron chi connectivity index (χ3n) is 3.81. The molecule has 0 fully saturated rings. The standard InChI is InChI=1S/C16H19FN4O2/c1-2-11-8-12(23-21-11)9-18-16(22)6-5-15-19-13-4-3-10(17)7-14(13)20-15/h3-4,7,12H,2,5-6,8-9H2,1H3,(H,18,22)(H,19,20)/t12-/m1/s1. The Labute approximate surface area is 133 Å². The molecule has 1 aliphatic heterocycles. The van der Waals surface area contributed by atoms with E-state index in [0.29, 0.717) is 36.2 Å². The average Bonchev–Trinajstić information content (AvgIpc) is 3.16. The molecule has 122 valence electrons. The number of aryl methyl sites for hydroxylation is 1. The van der Waals surface area contributed by atoms with Gasteiger partial charge in [-0.15, -0.1) is 0 Å². The number of halogens is 1. The molecule has 0 radical (unpaired) electrons. The van der Waals surface area contributed by atoms with E-state index in [9.17, 15) is 9.18 Å². The number of imidazole rings is 1. The molecule has 0 unspecified atom stereocenters. The number of rotatable bonds is 6. The molecule has 0 aliphatic carbocycles. The number of carbonyl (C=O) groups is 1. The highest BCUT2D eigenvalue weighted by molar-refractivity contribution is 5.85. The molecule has 3 rings (SSSR count). The summed E-state index contributed by atoms with van der Waals surface area (Å²) in [6, 6.07) is 4.38. The van der Waals surface area contributed by atoms with E-state index in [0.717, 1.165) is 18.6 Å². The van der Waals surface area contributed by atoms with Crippen LogP contribution < -0.4 is 5.32 Å². The minimum absolute atomic E-state index is 0.0646. The molecule has 23 heavy (non-hydrogen) atoms. The lowest BCUT2D eigenvalue weighted by atomic mass is 10.1. The van der Waals surface area contributed by atoms with Gasteiger partial charge >= 0.3 is 0 Å². The Kier molecular flexibility index (Phi) is 4.55. The molecular formula is C16H19FN4O2. The van der Waals surface area contributed by atoms with Gasteiger partial charge in [-0.2, -0.15) is 0 Å². The van der Waals surface area contributed by atoms with Crippen LogP contribution in [0, 0.1) is 5.82 Å². The molecule has 1 atom stereocenters. The van der Waals surface area contributed by atoms with Crippen molar-refractivity contribution in [2.75, 3.05) is 6.54 Å². The van der Waals surface area contributed by atoms with Crippen LogP contribution in [0.2, 0.25) is 0 Å². The number of hydrogen-bond donors (Lipinski definition) is 2. The van der Waals surface area contributed by atoms with Crippen molar-refractivity contribution in [1.29, 1.82) is 0 Å². The van der Waals surface area contributed by atoms with Gasteiger partial charge in [-0.25, -0.2) is 9.37 Å². The van der Waals surface area contributed by atoms with Crippen molar-refractivity contribution < 1.29 is 14.0 Å². The zero-order valence-electron chi connectivity index (χ0n) is 12.9. The van der Waals surface area contributed by atoms with Gasteiger partial charge in [0.1, 0.15) is 17.7 Å². The third kappa shape index (κ3) is 3.85. The molecule has 6 nitrogen and oxygen atoms in total. The van der Waals surface area contributed by atoms with Crippen LogP contribution in [0.4, 0.5) is 4.39 Å². The first kappa shape index (κ1) is 15.5. The summed E-state index contributed by atoms with van der Waals surface area (Å²) < 4.78 is 13.1. The molecule has 2 aromatic rings. The summed E-state index contributed by atoms with van der Waals surface area (Å²) in [5.41, 5.74) is 2.37. The summed E-state index contributed by atoms with van der Waals surface area (Å²) in [6.45, 7) is 2.49. The Morgan fingerprint density at radius 3 is 3.17 bits per heavy atom. The maximum atomic E-state index is 13.1. The largest absolute Gasteiger partial charge is 0.390 e. The predicted octanol–water partition coefficient (Wildman–Crippen LogP) is 2.31. The monoisotopic (exact) mass is 318 g/mol. The molecule has 2 N–H and O–H groups in total. The summed E-state index contributed by atoms with van der Waals surface area (Å²) in [7, 11) is 0. The van der Waals surface area contributed by atoms with Crippen molar-refractivity contribution in [3.05, 3.63) is 29.8 Å². The van der Waals surface area contributed by atoms with Crippen LogP contribution in [0.15, 0.2) is 23.4 Å². The van der Waals surface area contributed by atoms with Gasteiger partial charge in [0.15, 0.2) is 0 Å². The Balaban J connectivity index is 1.45. The van der Waals surface area contributed by atoms with E-state index in [-0.39, 0.29) is 17.8 Å². The van der Waals surface area contributed by atoms with Crippen LogP contribution in [0.1, 0.15) is 32.0 Å². The number of hydrogen-bond acceptors (Lipinski definition) is 4. The molecule has 7 heteroatoms. The van der Waals surface area contributed by atoms with Crippen LogP contribution in [-0.4, -0.2) is 34.2 Å². The van der Waals surface area contributed by atoms with Crippen molar-refractivity contribution in [1.82, 2.24) is 15.3 Å². The van der Waals surface area contributed by atoms with Crippen LogP contribution >= 0.6 is 0 Å². The SMILES string of the molecule is CCC1=NO[C@@H](CNC(=O)CCc2nc3ccc(F)cc3[nH]2)C1. The highest BCUT2D eigenvalue weighted by atomic mass is 19.1. The first-order valence-corrected chi connectivity index (χ1v) is 7.76. The molecular weight excluding hydrogens is 299 g/mol. The summed E-state index contributed by atoms with van der Waals surface area (Å²) >= 11 is 0. The number of H-pyrrole nitrogens is 1. The fourth-order valence-electron chi connectivity index (χ4n) is 2.51. The first-order valence-electron chi connectivity index (χ1n) is 7.76. The maximum absolute atomic E-state index is 13.1. The van der Waals surface area contributed by atoms with Crippen molar-refractivity contribution in [3.8, 4) is 0 Å². The minimum atomic E-state index is -0.310. The molecule has 1 amide bonds. The Hall–Kier alpha value is -2.44. The number of amides is 1. The van der Waals surface area contributed by atoms with Gasteiger partial charge in [0.05, 0.1) is 23.3 Å². The number of aromatic nitrogens is 2. The highest BCUT2D eigenvalue weighted by Gasteiger charge is 2.20. The smallest absolute Gasteiger partial charge is 0.220 e. The Morgan fingerprint density at radius 2 is 2.39 bits per heavy atom. The number of nitrogens with one attached hydrogen (secondary N) is 2. The lowest BCUT2D eigenvalue weighted by molar-refractivity contribution is -0.121. The first-order chi connectivity index (χ1) is 11.1. The van der Waals surface area contributed by atoms with E-state index in [1.807, 2.05) is 6.92 Å². The van der Waals surface area contributed by atoms with Crippen molar-refractivity contribution in [2.24, 2.45) is 5.16 Å². The van der Waals surface area contributed by atoms with Crippen molar-refractivity contribution in [3.63, 3.8) is 0 Å². The van der Waals surface area contributed by atoms with E-state index < -0.39 is 0 Å². The maximum Gasteiger partial charge on any atom is 0.220 e. The van der Waals surface area contributed by atoms with Crippen molar-refractivity contribution in [2.45, 2.75) is 38.7 Å². The second-order valence-corrected chi connectivity index (χ2v) is 5.59. The van der Waals surface area contributed by atoms with Crippen LogP contribution in [-0.2, 0) is 16.1 Å². The normalized spacial score (nSPS) is 17.1. The van der Waals surface area contributed by atoms with E-state index >= 15 is 0 Å². The van der Waals surface area contributed by atoms with Gasteiger partial charge in [0.2, 0.25) is 5.91 Å². The second-order valence-electron chi connectivity index (χ2n) is 5.59. The minimum Gasteiger partial charge on any atom is -0.390 e. The molecule has 1 aromatic carbocycles. The lowest BCUT2D eigenvalue weighted by Crippen LogP contribution is -2.32. The lowest BCUT2D eigenvalue weighted by Gasteiger charge is -2.09. The number of nitrogens with zero attached hydrogens (tertiary/aromatic N) is 2. The van der Waals surface area contributed by atoms with Crippen molar-refractivity contribution >= 4 is 22.7 Å². The summed E-state index contributed by atoms with van der Waals surface area (Å²) in [6.07, 6.45) is 2.37. The van der Waals surface area contributed by atoms with E-state index in [1.165, 1.54) is 12.1 Å². The van der Waals surface area contributed by atoms with Gasteiger partial charge in [-0.1, -0.05) is 12.1 Å². The molecule has 1 aromatic heterocycles. The van der Waals surface area contributed by atoms with Gasteiger partial charge in [0.25, 0.3) is 0 Å². The number of fused-ring (bicyclic) bond motifs is 1. The fourth-order valence-corrected chi connectivity index (χ4v) is 2.51. The number of aromatic amines is 1. The van der Waals surface area contributed by atoms with Gasteiger partial charge in [0, 0.05) is 19.3 Å². The zero-order valence-corrected chi connectivity index (χ0v) is 12.9. The molecule has 0 saturated heterocycles. The number of carbonyl (C=O) groups excluding carboxylic acids is 1. The van der Waals surface area contributed by atoms with Crippen LogP contribution in [0.3, 0.4) is 0 Å². The molecule has 2 heterocycles. The van der Waals surface area contributed by atoms with E-state index in [1.54, 1.807) is 6.07 Å². The van der Waals surface area contributed by atoms with Gasteiger partial charge in [-0.3, -0.25) is 4.79 Å². The average molecular weight is 318 g/mol. The fraction of sp³-hybridized carbons (Fsp3) is 0.438. The molecule has 0 bridgehead atoms. The van der Waals surface area contributed by atoms with Gasteiger partial charge in [-0.05, 0) is 24.6 Å². The molecule has 0 saturated carbocycles. The summed E-state index contributed by atoms with van der Waals surface area (Å²) in [5.74, 6) is 0.301. The topological polar surface area (TPSA) is 79.4 Å². The zero-order chi connectivity index (χ0) is 16.2. The van der Waals surface area contributed by atoms with Crippen LogP contribution in [0.25, 0.3) is 11.0 Å². The number of oxime groups is 1. The van der Waals surface area contributed by atoms with Gasteiger partial charge < -0.3 is 15.1 Å². The summed E-state index contributed by atoms with van der Waals surface area (Å²) in [5, 5.41) is 6.80. The highest BCUT2D eigenvalue weighted by Crippen LogP contribution is 2.14. The van der Waals surface area contributed by atoms with E-state index in [4.69, 9.17) is 4.84 Å². The van der Waals surface area contributed by atoms with Crippen LogP contribution in [0.5, 0.6) is 0 Å². The number of benzene rings is 1.